The number of hydrogen-bond donors (Lipinski definition) is 3. The molecule has 3 N–H and O–H groups in total. The van der Waals surface area contributed by atoms with Crippen LogP contribution in [0.15, 0.2) is 77.7 Å². The van der Waals surface area contributed by atoms with E-state index in [0.717, 1.165) is 5.56 Å². The first-order valence-electron chi connectivity index (χ1n) is 13.4. The first-order chi connectivity index (χ1) is 19.5. The van der Waals surface area contributed by atoms with Crippen LogP contribution in [0.5, 0.6) is 5.75 Å². The van der Waals surface area contributed by atoms with E-state index >= 15 is 0 Å². The predicted octanol–water partition coefficient (Wildman–Crippen LogP) is 4.18. The fourth-order valence-corrected chi connectivity index (χ4v) is 5.62. The van der Waals surface area contributed by atoms with E-state index in [1.54, 1.807) is 55.3 Å². The van der Waals surface area contributed by atoms with E-state index < -0.39 is 28.1 Å². The van der Waals surface area contributed by atoms with Gasteiger partial charge >= 0.3 is 6.03 Å². The van der Waals surface area contributed by atoms with Crippen molar-refractivity contribution in [2.24, 2.45) is 5.92 Å². The number of urea groups is 1. The number of hydrogen-bond acceptors (Lipinski definition) is 6. The minimum atomic E-state index is -4.01. The molecule has 0 unspecified atom stereocenters. The molecule has 0 saturated heterocycles. The Hall–Kier alpha value is -4.09. The summed E-state index contributed by atoms with van der Waals surface area (Å²) >= 11 is 0. The lowest BCUT2D eigenvalue weighted by atomic mass is 9.99. The standard InChI is InChI=1S/C30H36N4O6S/c1-20-13-15-24(16-14-20)41(38,39)32-26-12-8-11-25-28(26)40-27(21(2)17-34(29(25)36)22(3)19-35)18-33(4)30(37)31-23-9-6-5-7-10-23/h5-16,21-22,27,32,35H,17-19H2,1-4H3,(H,31,37)/t21-,22-,27-/m0/s1. The number of ether oxygens (including phenoxy) is 1. The molecule has 3 amide bonds. The van der Waals surface area contributed by atoms with E-state index in [-0.39, 0.29) is 53.5 Å². The zero-order valence-electron chi connectivity index (χ0n) is 23.6. The highest BCUT2D eigenvalue weighted by Gasteiger charge is 2.35. The van der Waals surface area contributed by atoms with Crippen molar-refractivity contribution in [2.45, 2.75) is 37.8 Å². The second kappa shape index (κ2) is 12.6. The van der Waals surface area contributed by atoms with Gasteiger partial charge in [-0.05, 0) is 50.2 Å². The second-order valence-electron chi connectivity index (χ2n) is 10.4. The van der Waals surface area contributed by atoms with Gasteiger partial charge in [0.15, 0.2) is 5.75 Å². The number of aryl methyl sites for hydroxylation is 1. The Morgan fingerprint density at radius 2 is 1.78 bits per heavy atom. The summed E-state index contributed by atoms with van der Waals surface area (Å²) in [6.45, 7) is 5.65. The Balaban J connectivity index is 1.69. The number of aliphatic hydroxyl groups excluding tert-OH is 1. The number of amides is 3. The third-order valence-corrected chi connectivity index (χ3v) is 8.47. The number of anilines is 2. The lowest BCUT2D eigenvalue weighted by molar-refractivity contribution is 0.0373. The van der Waals surface area contributed by atoms with Gasteiger partial charge in [0.25, 0.3) is 15.9 Å². The van der Waals surface area contributed by atoms with E-state index in [1.165, 1.54) is 23.1 Å². The molecule has 11 heteroatoms. The van der Waals surface area contributed by atoms with Crippen LogP contribution >= 0.6 is 0 Å². The van der Waals surface area contributed by atoms with Gasteiger partial charge in [0, 0.05) is 25.2 Å². The van der Waals surface area contributed by atoms with E-state index in [4.69, 9.17) is 4.74 Å². The summed E-state index contributed by atoms with van der Waals surface area (Å²) in [4.78, 5) is 29.8. The summed E-state index contributed by atoms with van der Waals surface area (Å²) in [5.41, 5.74) is 1.81. The van der Waals surface area contributed by atoms with Crippen molar-refractivity contribution < 1.29 is 27.9 Å². The van der Waals surface area contributed by atoms with E-state index in [9.17, 15) is 23.1 Å². The normalized spacial score (nSPS) is 17.9. The van der Waals surface area contributed by atoms with Crippen LogP contribution in [-0.2, 0) is 10.0 Å². The fraction of sp³-hybridized carbons (Fsp3) is 0.333. The molecule has 0 aliphatic carbocycles. The third-order valence-electron chi connectivity index (χ3n) is 7.09. The lowest BCUT2D eigenvalue weighted by Gasteiger charge is -2.38. The quantitative estimate of drug-likeness (QED) is 0.367. The maximum Gasteiger partial charge on any atom is 0.321 e. The molecule has 1 heterocycles. The minimum Gasteiger partial charge on any atom is -0.485 e. The summed E-state index contributed by atoms with van der Waals surface area (Å²) < 4.78 is 35.6. The smallest absolute Gasteiger partial charge is 0.321 e. The van der Waals surface area contributed by atoms with Crippen molar-refractivity contribution in [3.05, 3.63) is 83.9 Å². The van der Waals surface area contributed by atoms with Crippen molar-refractivity contribution >= 4 is 33.3 Å². The number of fused-ring (bicyclic) bond motifs is 1. The van der Waals surface area contributed by atoms with Crippen LogP contribution in [0.25, 0.3) is 0 Å². The van der Waals surface area contributed by atoms with Crippen molar-refractivity contribution in [3.63, 3.8) is 0 Å². The molecule has 0 radical (unpaired) electrons. The van der Waals surface area contributed by atoms with Crippen LogP contribution in [0.1, 0.15) is 29.8 Å². The highest BCUT2D eigenvalue weighted by atomic mass is 32.2. The lowest BCUT2D eigenvalue weighted by Crippen LogP contribution is -2.50. The SMILES string of the molecule is Cc1ccc(S(=O)(=O)Nc2cccc3c2O[C@@H](CN(C)C(=O)Nc2ccccc2)[C@@H](C)CN([C@@H](C)CO)C3=O)cc1. The molecular weight excluding hydrogens is 544 g/mol. The molecule has 10 nitrogen and oxygen atoms in total. The Morgan fingerprint density at radius 1 is 1.10 bits per heavy atom. The van der Waals surface area contributed by atoms with Gasteiger partial charge in [-0.2, -0.15) is 0 Å². The second-order valence-corrected chi connectivity index (χ2v) is 12.1. The van der Waals surface area contributed by atoms with Gasteiger partial charge in [-0.3, -0.25) is 9.52 Å². The maximum atomic E-state index is 13.7. The molecule has 3 atom stereocenters. The summed E-state index contributed by atoms with van der Waals surface area (Å²) in [5.74, 6) is -0.606. The predicted molar refractivity (Wildman–Crippen MR) is 158 cm³/mol. The number of carbonyl (C=O) groups excluding carboxylic acids is 2. The van der Waals surface area contributed by atoms with Crippen LogP contribution < -0.4 is 14.8 Å². The Kier molecular flexibility index (Phi) is 9.19. The summed E-state index contributed by atoms with van der Waals surface area (Å²) in [7, 11) is -2.37. The summed E-state index contributed by atoms with van der Waals surface area (Å²) in [6.07, 6.45) is -0.619. The molecule has 0 aromatic heterocycles. The van der Waals surface area contributed by atoms with Gasteiger partial charge in [0.2, 0.25) is 0 Å². The molecule has 3 aromatic rings. The molecule has 4 rings (SSSR count). The van der Waals surface area contributed by atoms with Gasteiger partial charge < -0.3 is 25.0 Å². The number of aliphatic hydroxyl groups is 1. The fourth-order valence-electron chi connectivity index (χ4n) is 4.56. The highest BCUT2D eigenvalue weighted by molar-refractivity contribution is 7.92. The number of likely N-dealkylation sites (N-methyl/N-ethyl adjacent to an activating group) is 1. The van der Waals surface area contributed by atoms with Gasteiger partial charge in [0.05, 0.1) is 35.3 Å². The molecular formula is C30H36N4O6S. The molecule has 3 aromatic carbocycles. The summed E-state index contributed by atoms with van der Waals surface area (Å²) in [6, 6.07) is 19.3. The third kappa shape index (κ3) is 6.98. The van der Waals surface area contributed by atoms with Gasteiger partial charge in [-0.1, -0.05) is 48.9 Å². The minimum absolute atomic E-state index is 0.0654. The van der Waals surface area contributed by atoms with Crippen LogP contribution in [0.2, 0.25) is 0 Å². The Labute approximate surface area is 241 Å². The molecule has 0 spiro atoms. The number of rotatable bonds is 8. The number of benzene rings is 3. The van der Waals surface area contributed by atoms with Crippen molar-refractivity contribution in [2.75, 3.05) is 36.8 Å². The average Bonchev–Trinajstić information content (AvgIpc) is 2.95. The van der Waals surface area contributed by atoms with Crippen LogP contribution in [0, 0.1) is 12.8 Å². The molecule has 0 bridgehead atoms. The van der Waals surface area contributed by atoms with Crippen LogP contribution in [0.3, 0.4) is 0 Å². The summed E-state index contributed by atoms with van der Waals surface area (Å²) in [5, 5.41) is 12.7. The number of nitrogens with zero attached hydrogens (tertiary/aromatic N) is 2. The molecule has 1 aliphatic heterocycles. The maximum absolute atomic E-state index is 13.7. The molecule has 41 heavy (non-hydrogen) atoms. The zero-order chi connectivity index (χ0) is 29.7. The number of para-hydroxylation sites is 2. The van der Waals surface area contributed by atoms with Gasteiger partial charge in [-0.15, -0.1) is 0 Å². The first kappa shape index (κ1) is 29.9. The molecule has 0 saturated carbocycles. The van der Waals surface area contributed by atoms with Crippen molar-refractivity contribution in [1.29, 1.82) is 0 Å². The molecule has 0 fully saturated rings. The Bertz CT molecular complexity index is 1480. The highest BCUT2D eigenvalue weighted by Crippen LogP contribution is 2.36. The van der Waals surface area contributed by atoms with Crippen LogP contribution in [-0.4, -0.2) is 74.2 Å². The van der Waals surface area contributed by atoms with Crippen molar-refractivity contribution in [1.82, 2.24) is 9.80 Å². The molecule has 218 valence electrons. The van der Waals surface area contributed by atoms with Crippen molar-refractivity contribution in [3.8, 4) is 5.75 Å². The largest absolute Gasteiger partial charge is 0.485 e. The topological polar surface area (TPSA) is 128 Å². The number of sulfonamides is 1. The zero-order valence-corrected chi connectivity index (χ0v) is 24.4. The van der Waals surface area contributed by atoms with E-state index in [2.05, 4.69) is 10.0 Å². The van der Waals surface area contributed by atoms with E-state index in [0.29, 0.717) is 5.69 Å². The number of carbonyl (C=O) groups is 2. The average molecular weight is 581 g/mol. The molecule has 1 aliphatic rings. The van der Waals surface area contributed by atoms with Crippen LogP contribution in [0.4, 0.5) is 16.2 Å². The van der Waals surface area contributed by atoms with Gasteiger partial charge in [0.1, 0.15) is 6.10 Å². The van der Waals surface area contributed by atoms with E-state index in [1.807, 2.05) is 32.0 Å². The number of nitrogens with one attached hydrogen (secondary N) is 2. The monoisotopic (exact) mass is 580 g/mol. The Morgan fingerprint density at radius 3 is 2.44 bits per heavy atom. The van der Waals surface area contributed by atoms with Gasteiger partial charge in [-0.25, -0.2) is 13.2 Å². The first-order valence-corrected chi connectivity index (χ1v) is 14.9.